The van der Waals surface area contributed by atoms with Crippen LogP contribution in [0.2, 0.25) is 0 Å². The Bertz CT molecular complexity index is 1030. The Balaban J connectivity index is 1.64. The average molecular weight is 426 g/mol. The summed E-state index contributed by atoms with van der Waals surface area (Å²) in [6, 6.07) is 9.54. The first kappa shape index (κ1) is 21.4. The first-order valence-corrected chi connectivity index (χ1v) is 10.2. The highest BCUT2D eigenvalue weighted by molar-refractivity contribution is 7.06. The summed E-state index contributed by atoms with van der Waals surface area (Å²) in [7, 11) is 1.62. The highest BCUT2D eigenvalue weighted by Gasteiger charge is 2.22. The molecule has 0 atom stereocenters. The molecule has 0 fully saturated rings. The highest BCUT2D eigenvalue weighted by Crippen LogP contribution is 2.27. The summed E-state index contributed by atoms with van der Waals surface area (Å²) < 4.78 is 15.1. The second-order valence-electron chi connectivity index (χ2n) is 6.87. The molecule has 0 spiro atoms. The second-order valence-corrected chi connectivity index (χ2v) is 7.73. The predicted molar refractivity (Wildman–Crippen MR) is 114 cm³/mol. The van der Waals surface area contributed by atoms with Gasteiger partial charge in [0, 0.05) is 35.7 Å². The van der Waals surface area contributed by atoms with Crippen LogP contribution in [-0.4, -0.2) is 28.2 Å². The molecular formula is C22H23N3O4S. The van der Waals surface area contributed by atoms with Gasteiger partial charge in [-0.25, -0.2) is 0 Å². The van der Waals surface area contributed by atoms with Crippen LogP contribution in [0.25, 0.3) is 0 Å². The molecule has 7 nitrogen and oxygen atoms in total. The van der Waals surface area contributed by atoms with E-state index in [-0.39, 0.29) is 30.3 Å². The van der Waals surface area contributed by atoms with E-state index >= 15 is 0 Å². The second kappa shape index (κ2) is 9.98. The van der Waals surface area contributed by atoms with Crippen molar-refractivity contribution in [3.63, 3.8) is 0 Å². The lowest BCUT2D eigenvalue weighted by atomic mass is 10.0. The molecule has 2 N–H and O–H groups in total. The summed E-state index contributed by atoms with van der Waals surface area (Å²) in [5.74, 6) is 0.269. The number of primary amides is 1. The smallest absolute Gasteiger partial charge is 0.255 e. The summed E-state index contributed by atoms with van der Waals surface area (Å²) in [6.07, 6.45) is 4.36. The summed E-state index contributed by atoms with van der Waals surface area (Å²) in [6.45, 7) is 2.19. The van der Waals surface area contributed by atoms with Gasteiger partial charge in [-0.15, -0.1) is 0 Å². The molecule has 1 amide bonds. The predicted octanol–water partition coefficient (Wildman–Crippen LogP) is 3.28. The fourth-order valence-corrected chi connectivity index (χ4v) is 3.88. The Morgan fingerprint density at radius 2 is 2.03 bits per heavy atom. The van der Waals surface area contributed by atoms with Crippen molar-refractivity contribution >= 4 is 23.2 Å². The number of Topliss-reactive ketones (excluding diaryl/α,β-unsaturated/α-hetero) is 1. The van der Waals surface area contributed by atoms with E-state index in [9.17, 15) is 9.59 Å². The van der Waals surface area contributed by atoms with Gasteiger partial charge in [-0.3, -0.25) is 14.6 Å². The molecule has 0 aliphatic carbocycles. The standard InChI is InChI=1S/C22H23N3O4S/c1-14-8-15(10-18(9-14)28-2)5-6-17(26)11-19-20(21(23)27)22(25-30-19)29-13-16-4-3-7-24-12-16/h3-4,7-10,12H,5-6,11,13H2,1-2H3,(H2,23,27). The molecule has 2 aromatic heterocycles. The lowest BCUT2D eigenvalue weighted by molar-refractivity contribution is -0.118. The first-order valence-electron chi connectivity index (χ1n) is 9.42. The third kappa shape index (κ3) is 5.64. The number of carbonyl (C=O) groups is 2. The van der Waals surface area contributed by atoms with Crippen molar-refractivity contribution < 1.29 is 19.1 Å². The normalized spacial score (nSPS) is 10.6. The van der Waals surface area contributed by atoms with E-state index in [0.29, 0.717) is 17.7 Å². The van der Waals surface area contributed by atoms with Gasteiger partial charge < -0.3 is 15.2 Å². The molecule has 3 rings (SSSR count). The minimum Gasteiger partial charge on any atom is -0.497 e. The van der Waals surface area contributed by atoms with Gasteiger partial charge >= 0.3 is 0 Å². The minimum absolute atomic E-state index is 0.000400. The van der Waals surface area contributed by atoms with Crippen molar-refractivity contribution in [2.24, 2.45) is 5.73 Å². The van der Waals surface area contributed by atoms with Gasteiger partial charge in [-0.1, -0.05) is 12.1 Å². The molecule has 2 heterocycles. The molecule has 3 aromatic rings. The van der Waals surface area contributed by atoms with Crippen LogP contribution in [0.15, 0.2) is 42.7 Å². The summed E-state index contributed by atoms with van der Waals surface area (Å²) in [5, 5.41) is 0. The van der Waals surface area contributed by atoms with E-state index in [4.69, 9.17) is 15.2 Å². The number of rotatable bonds is 10. The largest absolute Gasteiger partial charge is 0.497 e. The van der Waals surface area contributed by atoms with Crippen LogP contribution in [0, 0.1) is 6.92 Å². The number of nitrogens with zero attached hydrogens (tertiary/aromatic N) is 2. The third-order valence-electron chi connectivity index (χ3n) is 4.47. The molecule has 0 saturated carbocycles. The number of hydrogen-bond acceptors (Lipinski definition) is 7. The summed E-state index contributed by atoms with van der Waals surface area (Å²) >= 11 is 1.07. The maximum Gasteiger partial charge on any atom is 0.255 e. The highest BCUT2D eigenvalue weighted by atomic mass is 32.1. The SMILES string of the molecule is COc1cc(C)cc(CCC(=O)Cc2snc(OCc3cccnc3)c2C(N)=O)c1. The number of hydrogen-bond donors (Lipinski definition) is 1. The van der Waals surface area contributed by atoms with Gasteiger partial charge in [0.25, 0.3) is 5.91 Å². The number of amides is 1. The first-order chi connectivity index (χ1) is 14.5. The van der Waals surface area contributed by atoms with Gasteiger partial charge in [0.2, 0.25) is 5.88 Å². The molecule has 0 bridgehead atoms. The number of benzene rings is 1. The zero-order chi connectivity index (χ0) is 21.5. The third-order valence-corrected chi connectivity index (χ3v) is 5.30. The van der Waals surface area contributed by atoms with Crippen LogP contribution in [-0.2, 0) is 24.2 Å². The van der Waals surface area contributed by atoms with Crippen LogP contribution in [0.5, 0.6) is 11.6 Å². The maximum absolute atomic E-state index is 12.5. The van der Waals surface area contributed by atoms with Crippen LogP contribution in [0.1, 0.15) is 38.3 Å². The quantitative estimate of drug-likeness (QED) is 0.535. The molecule has 30 heavy (non-hydrogen) atoms. The molecule has 0 unspecified atom stereocenters. The van der Waals surface area contributed by atoms with Gasteiger partial charge in [0.1, 0.15) is 23.7 Å². The van der Waals surface area contributed by atoms with E-state index in [1.807, 2.05) is 31.2 Å². The number of aromatic nitrogens is 2. The number of carbonyl (C=O) groups excluding carboxylic acids is 2. The minimum atomic E-state index is -0.656. The van der Waals surface area contributed by atoms with E-state index in [0.717, 1.165) is 34.0 Å². The fraction of sp³-hybridized carbons (Fsp3) is 0.273. The van der Waals surface area contributed by atoms with Crippen molar-refractivity contribution in [2.75, 3.05) is 7.11 Å². The van der Waals surface area contributed by atoms with E-state index < -0.39 is 5.91 Å². The Morgan fingerprint density at radius 1 is 1.20 bits per heavy atom. The Labute approximate surface area is 179 Å². The monoisotopic (exact) mass is 425 g/mol. The van der Waals surface area contributed by atoms with E-state index in [1.54, 1.807) is 25.6 Å². The van der Waals surface area contributed by atoms with Gasteiger partial charge in [0.15, 0.2) is 0 Å². The van der Waals surface area contributed by atoms with Gasteiger partial charge in [0.05, 0.1) is 7.11 Å². The zero-order valence-corrected chi connectivity index (χ0v) is 17.7. The van der Waals surface area contributed by atoms with Crippen LogP contribution in [0.3, 0.4) is 0 Å². The van der Waals surface area contributed by atoms with Crippen molar-refractivity contribution in [1.82, 2.24) is 9.36 Å². The number of ketones is 1. The molecule has 156 valence electrons. The fourth-order valence-electron chi connectivity index (χ4n) is 3.04. The van der Waals surface area contributed by atoms with Crippen molar-refractivity contribution in [3.8, 4) is 11.6 Å². The molecule has 0 saturated heterocycles. The van der Waals surface area contributed by atoms with Crippen molar-refractivity contribution in [1.29, 1.82) is 0 Å². The zero-order valence-electron chi connectivity index (χ0n) is 16.9. The molecule has 8 heteroatoms. The molecule has 0 radical (unpaired) electrons. The number of aryl methyl sites for hydroxylation is 2. The maximum atomic E-state index is 12.5. The lowest BCUT2D eigenvalue weighted by Gasteiger charge is -2.07. The average Bonchev–Trinajstić information content (AvgIpc) is 3.13. The number of ether oxygens (including phenoxy) is 2. The Kier molecular flexibility index (Phi) is 7.13. The van der Waals surface area contributed by atoms with Gasteiger partial charge in [-0.05, 0) is 54.2 Å². The van der Waals surface area contributed by atoms with Gasteiger partial charge in [-0.2, -0.15) is 4.37 Å². The summed E-state index contributed by atoms with van der Waals surface area (Å²) in [5.41, 5.74) is 8.65. The van der Waals surface area contributed by atoms with Crippen molar-refractivity contribution in [2.45, 2.75) is 32.8 Å². The number of methoxy groups -OCH3 is 1. The number of nitrogens with two attached hydrogens (primary N) is 1. The van der Waals surface area contributed by atoms with E-state index in [2.05, 4.69) is 9.36 Å². The van der Waals surface area contributed by atoms with Crippen LogP contribution < -0.4 is 15.2 Å². The van der Waals surface area contributed by atoms with Crippen molar-refractivity contribution in [3.05, 3.63) is 69.9 Å². The molecule has 0 aliphatic heterocycles. The van der Waals surface area contributed by atoms with Crippen LogP contribution >= 0.6 is 11.5 Å². The molecule has 0 aliphatic rings. The lowest BCUT2D eigenvalue weighted by Crippen LogP contribution is -2.15. The van der Waals surface area contributed by atoms with E-state index in [1.165, 1.54) is 0 Å². The Morgan fingerprint density at radius 3 is 2.73 bits per heavy atom. The molecule has 1 aromatic carbocycles. The van der Waals surface area contributed by atoms with Crippen LogP contribution in [0.4, 0.5) is 0 Å². The number of pyridine rings is 1. The Hall–Kier alpha value is -3.26. The molecular weight excluding hydrogens is 402 g/mol. The topological polar surface area (TPSA) is 104 Å². The summed E-state index contributed by atoms with van der Waals surface area (Å²) in [4.78, 5) is 29.0.